The van der Waals surface area contributed by atoms with Crippen molar-refractivity contribution < 1.29 is 32.9 Å². The first-order valence-corrected chi connectivity index (χ1v) is 53.8. The van der Waals surface area contributed by atoms with Gasteiger partial charge in [-0.3, -0.25) is 0 Å². The average molecular weight is 2090 g/mol. The van der Waals surface area contributed by atoms with Crippen molar-refractivity contribution in [3.63, 3.8) is 0 Å². The van der Waals surface area contributed by atoms with Crippen molar-refractivity contribution in [2.24, 2.45) is 0 Å². The van der Waals surface area contributed by atoms with Gasteiger partial charge in [-0.15, -0.1) is 0 Å². The van der Waals surface area contributed by atoms with Crippen LogP contribution in [0.2, 0.25) is 0 Å². The smallest absolute Gasteiger partial charge is 0.179 e. The van der Waals surface area contributed by atoms with Crippen molar-refractivity contribution in [1.82, 2.24) is 9.13 Å². The normalized spacial score (nSPS) is 14.0. The molecule has 25 rings (SSSR count). The summed E-state index contributed by atoms with van der Waals surface area (Å²) in [5.74, 6) is 0. The first kappa shape index (κ1) is 66.3. The molecule has 0 spiro atoms. The third kappa shape index (κ3) is 18.4. The Kier molecular flexibility index (Phi) is 20.3. The average Bonchev–Trinajstić information content (AvgIpc) is 1.54. The molecule has 0 atom stereocenters. The minimum Gasteiger partial charge on any atom is -0.309 e. The molecule has 2 aliphatic rings. The number of halogens is 4. The highest BCUT2D eigenvalue weighted by Crippen LogP contribution is 2.39. The Labute approximate surface area is 873 Å². The van der Waals surface area contributed by atoms with Gasteiger partial charge in [0.2, 0.25) is 0 Å². The zero-order valence-corrected chi connectivity index (χ0v) is 82.9. The second-order valence-electron chi connectivity index (χ2n) is 32.6. The second kappa shape index (κ2) is 42.0. The maximum Gasteiger partial charge on any atom is 0.179 e. The van der Waals surface area contributed by atoms with Crippen molar-refractivity contribution in [1.29, 1.82) is 0 Å². The van der Waals surface area contributed by atoms with Crippen LogP contribution in [0.15, 0.2) is 575 Å². The molecule has 2 aromatic heterocycles. The topological polar surface area (TPSA) is 9.86 Å². The molecule has 0 radical (unpaired) electrons. The molecule has 137 heavy (non-hydrogen) atoms. The molecule has 0 bridgehead atoms. The molecule has 21 aromatic carbocycles. The highest BCUT2D eigenvalue weighted by atomic mass is 79.9. The van der Waals surface area contributed by atoms with Crippen LogP contribution in [0.1, 0.15) is 55.2 Å². The predicted octanol–water partition coefficient (Wildman–Crippen LogP) is 26.6. The van der Waals surface area contributed by atoms with Crippen LogP contribution in [-0.2, 0) is 12.8 Å². The van der Waals surface area contributed by atoms with Crippen LogP contribution < -0.4 is 62.2 Å². The molecule has 9 heteroatoms. The zero-order valence-electron chi connectivity index (χ0n) is 97.6. The lowest BCUT2D eigenvalue weighted by molar-refractivity contribution is 1.18. The summed E-state index contributed by atoms with van der Waals surface area (Å²) in [5.41, 5.74) is 10.9. The van der Waals surface area contributed by atoms with Gasteiger partial charge in [-0.05, 0) is 210 Å². The minimum atomic E-state index is -3.33. The Bertz CT molecular complexity index is 9040. The van der Waals surface area contributed by atoms with Gasteiger partial charge in [-0.2, -0.15) is 0 Å². The molecule has 2 nitrogen and oxygen atoms in total. The van der Waals surface area contributed by atoms with Gasteiger partial charge in [-0.1, -0.05) is 530 Å². The first-order valence-electron chi connectivity index (χ1n) is 56.6. The van der Waals surface area contributed by atoms with Gasteiger partial charge in [-0.25, -0.2) is 0 Å². The monoisotopic (exact) mass is 2080 g/mol. The van der Waals surface area contributed by atoms with Crippen molar-refractivity contribution in [2.45, 2.75) is 12.8 Å². The van der Waals surface area contributed by atoms with E-state index in [1.807, 2.05) is 246 Å². The number of aromatic nitrogens is 2. The number of para-hydroxylation sites is 3. The SMILES string of the molecule is [2H]c1c([2H])c(-n2c3ccccc3c3cc(Br)ccc32)c([2H])c([Si](c2ccccc2)(c2ccccc2)c2ccccc2)c1[2H].[2H]c1c([2H])c(-n2c3ccccc3c3ccccc32)c([2H])c([Si](c2ccccc2)(c2ccccc2)c2ccccc2)c1[2H].[2H]c1c([2H])c(Br)c([2H])c(Br)c1[2H].[2H]c1c([2H])c(Br)c([2H])c([Si](c2ccccc2)(c2ccccc2)c2ccccc2)c1[2H].[2H]c1c([2H])c([2H])c2c(c1[2H])Cc1c([2H])c([2H])c([2H])c([2H])c1-2.c1ccc2c(c1)Cc1ccccc1-2. The van der Waals surface area contributed by atoms with E-state index >= 15 is 0 Å². The van der Waals surface area contributed by atoms with Crippen LogP contribution in [0.4, 0.5) is 0 Å². The fraction of sp³-hybridized carbons (Fsp3) is 0.0156. The number of hydrogen-bond acceptors (Lipinski definition) is 0. The van der Waals surface area contributed by atoms with Crippen molar-refractivity contribution in [3.8, 4) is 33.6 Å². The van der Waals surface area contributed by atoms with Crippen LogP contribution in [0, 0.1) is 0 Å². The molecule has 23 aromatic rings. The third-order valence-electron chi connectivity index (χ3n) is 24.9. The summed E-state index contributed by atoms with van der Waals surface area (Å²) in [5, 5.41) is 14.8. The Morgan fingerprint density at radius 1 is 0.182 bits per heavy atom. The van der Waals surface area contributed by atoms with E-state index in [4.69, 9.17) is 23.3 Å². The summed E-state index contributed by atoms with van der Waals surface area (Å²) >= 11 is 13.0. The first-order chi connectivity index (χ1) is 77.7. The third-order valence-corrected chi connectivity index (χ3v) is 40.3. The summed E-state index contributed by atoms with van der Waals surface area (Å²) in [4.78, 5) is 0. The molecule has 0 N–H and O–H groups in total. The van der Waals surface area contributed by atoms with E-state index < -0.39 is 24.2 Å². The quantitative estimate of drug-likeness (QED) is 0.0759. The number of rotatable bonds is 14. The van der Waals surface area contributed by atoms with Gasteiger partial charge in [0.05, 0.1) is 55.0 Å². The molecule has 2 aliphatic carbocycles. The van der Waals surface area contributed by atoms with Gasteiger partial charge in [0.25, 0.3) is 0 Å². The zero-order chi connectivity index (χ0) is 114. The highest BCUT2D eigenvalue weighted by Gasteiger charge is 2.45. The van der Waals surface area contributed by atoms with E-state index in [0.717, 1.165) is 101 Å². The largest absolute Gasteiger partial charge is 0.309 e. The molecular weight excluding hydrogens is 1970 g/mol. The van der Waals surface area contributed by atoms with Crippen LogP contribution in [0.3, 0.4) is 0 Å². The summed E-state index contributed by atoms with van der Waals surface area (Å²) in [7, 11) is -9.73. The van der Waals surface area contributed by atoms with E-state index in [0.29, 0.717) is 38.1 Å². The second-order valence-corrected chi connectivity index (χ2v) is 47.1. The van der Waals surface area contributed by atoms with Gasteiger partial charge in [0.15, 0.2) is 24.2 Å². The van der Waals surface area contributed by atoms with Gasteiger partial charge >= 0.3 is 0 Å². The van der Waals surface area contributed by atoms with Crippen LogP contribution in [-0.4, -0.2) is 33.4 Å². The highest BCUT2D eigenvalue weighted by molar-refractivity contribution is 9.11. The minimum absolute atomic E-state index is 0.0426. The molecule has 0 amide bonds. The standard InChI is InChI=1S/C36H26BrNSi.C36H27NSi.C24H19BrSi.2C13H10.C6H4Br2/c37-27-23-24-36-34(25-27)33-21-10-11-22-35(33)38(36)28-13-12-20-32(26-28)39(29-14-4-1-5-15-29,30-16-6-2-7-17-30)31-18-8-3-9-19-31;1-4-16-29(17-5-1)38(30-18-6-2-7-19-30,31-20-8-3-9-21-31)32-22-14-15-28(27-32)37-35-25-12-10-23-33(35)34-24-11-13-26-36(34)37;25-20-11-10-18-24(19-20)26(21-12-4-1-5-13-21,22-14-6-2-7-15-22)23-16-8-3-9-17-23;2*1-3-7-12-10(5-1)9-11-6-2-4-8-13(11)12;7-5-2-1-3-6(8)4-5/h1-26H;1-27H;1-19H;2*1-8H,9H2;1-4H/i12D,13D,20D,26D;14D,15D,22D,27D;10D,11D,18D,19D;1D,2D,3D,4D,5D,6D,7D,8D;;1D,2D,3D,4D. The summed E-state index contributed by atoms with van der Waals surface area (Å²) in [6, 6.07) is 135. The van der Waals surface area contributed by atoms with Crippen LogP contribution >= 0.6 is 63.7 Å². The Morgan fingerprint density at radius 3 is 0.781 bits per heavy atom. The number of hydrogen-bond donors (Lipinski definition) is 0. The van der Waals surface area contributed by atoms with E-state index in [9.17, 15) is 9.60 Å². The summed E-state index contributed by atoms with van der Waals surface area (Å²) in [6.45, 7) is 0. The van der Waals surface area contributed by atoms with Gasteiger partial charge in [0.1, 0.15) is 0 Å². The number of benzene rings is 21. The van der Waals surface area contributed by atoms with Crippen LogP contribution in [0.5, 0.6) is 0 Å². The maximum atomic E-state index is 9.98. The maximum absolute atomic E-state index is 9.98. The summed E-state index contributed by atoms with van der Waals surface area (Å²) < 4.78 is 208. The Morgan fingerprint density at radius 2 is 0.438 bits per heavy atom. The fourth-order valence-electron chi connectivity index (χ4n) is 19.0. The molecular formula is C128H96Br4N2Si3. The van der Waals surface area contributed by atoms with Crippen LogP contribution in [0.25, 0.3) is 77.2 Å². The molecule has 0 saturated heterocycles. The predicted molar refractivity (Wildman–Crippen MR) is 605 cm³/mol. The number of nitrogens with zero attached hydrogens (tertiary/aromatic N) is 2. The Balaban J connectivity index is 0.000000121. The van der Waals surface area contributed by atoms with Gasteiger partial charge in [0, 0.05) is 50.8 Å². The lowest BCUT2D eigenvalue weighted by atomic mass is 10.1. The molecule has 2 heterocycles. The molecule has 0 saturated carbocycles. The fourth-order valence-corrected chi connectivity index (χ4v) is 34.2. The molecule has 0 aliphatic heterocycles. The van der Waals surface area contributed by atoms with E-state index in [2.05, 4.69) is 240 Å². The van der Waals surface area contributed by atoms with Crippen molar-refractivity contribution in [2.75, 3.05) is 0 Å². The van der Waals surface area contributed by atoms with Crippen molar-refractivity contribution in [3.05, 3.63) is 598 Å². The molecule has 658 valence electrons. The van der Waals surface area contributed by atoms with E-state index in [1.54, 1.807) is 0 Å². The molecule has 0 fully saturated rings. The van der Waals surface area contributed by atoms with E-state index in [-0.39, 0.29) is 176 Å². The summed E-state index contributed by atoms with van der Waals surface area (Å²) in [6.07, 6.45) is 1.20. The lowest BCUT2D eigenvalue weighted by Crippen LogP contribution is -2.74. The molecule has 0 unspecified atom stereocenters. The Hall–Kier alpha value is -14.2. The van der Waals surface area contributed by atoms with Crippen molar-refractivity contribution >= 4 is 194 Å². The van der Waals surface area contributed by atoms with E-state index in [1.165, 1.54) is 22.3 Å². The number of fused-ring (bicyclic) bond motifs is 12. The van der Waals surface area contributed by atoms with Gasteiger partial charge < -0.3 is 9.13 Å². The lowest BCUT2D eigenvalue weighted by Gasteiger charge is -2.34.